The number of aromatic nitrogens is 1. The van der Waals surface area contributed by atoms with Crippen molar-refractivity contribution in [2.24, 2.45) is 0 Å². The van der Waals surface area contributed by atoms with E-state index in [4.69, 9.17) is 0 Å². The zero-order valence-electron chi connectivity index (χ0n) is 13.0. The fourth-order valence-electron chi connectivity index (χ4n) is 3.91. The lowest BCUT2D eigenvalue weighted by Crippen LogP contribution is -2.40. The highest BCUT2D eigenvalue weighted by Crippen LogP contribution is 2.41. The molecule has 0 spiro atoms. The maximum absolute atomic E-state index is 4.20. The van der Waals surface area contributed by atoms with E-state index in [1.165, 1.54) is 41.7 Å². The summed E-state index contributed by atoms with van der Waals surface area (Å²) in [4.78, 5) is 8.22. The van der Waals surface area contributed by atoms with Crippen molar-refractivity contribution in [3.63, 3.8) is 0 Å². The molecule has 2 nitrogen and oxygen atoms in total. The minimum Gasteiger partial charge on any atom is -0.300 e. The molecular formula is C19H22N2S. The Balaban J connectivity index is 1.44. The Morgan fingerprint density at radius 2 is 1.73 bits per heavy atom. The second-order valence-corrected chi connectivity index (χ2v) is 7.90. The summed E-state index contributed by atoms with van der Waals surface area (Å²) < 4.78 is 0. The maximum atomic E-state index is 4.20. The van der Waals surface area contributed by atoms with E-state index in [0.29, 0.717) is 0 Å². The molecule has 22 heavy (non-hydrogen) atoms. The number of fused-ring (bicyclic) bond motifs is 2. The molecular weight excluding hydrogens is 288 g/mol. The summed E-state index contributed by atoms with van der Waals surface area (Å²) in [6.45, 7) is 0. The van der Waals surface area contributed by atoms with Gasteiger partial charge in [-0.3, -0.25) is 4.98 Å². The Kier molecular flexibility index (Phi) is 3.93. The third-order valence-corrected chi connectivity index (χ3v) is 6.47. The molecule has 2 aliphatic rings. The highest BCUT2D eigenvalue weighted by Gasteiger charge is 2.38. The first-order chi connectivity index (χ1) is 10.8. The van der Waals surface area contributed by atoms with Crippen LogP contribution in [0.2, 0.25) is 0 Å². The van der Waals surface area contributed by atoms with Crippen LogP contribution in [-0.2, 0) is 0 Å². The second kappa shape index (κ2) is 6.05. The van der Waals surface area contributed by atoms with Gasteiger partial charge in [-0.1, -0.05) is 18.2 Å². The quantitative estimate of drug-likeness (QED) is 0.832. The summed E-state index contributed by atoms with van der Waals surface area (Å²) in [5, 5.41) is 0.790. The van der Waals surface area contributed by atoms with Crippen molar-refractivity contribution in [3.8, 4) is 11.1 Å². The lowest BCUT2D eigenvalue weighted by Gasteiger charge is -2.36. The first-order valence-electron chi connectivity index (χ1n) is 8.18. The minimum absolute atomic E-state index is 0.790. The first-order valence-corrected chi connectivity index (χ1v) is 9.06. The van der Waals surface area contributed by atoms with Crippen molar-refractivity contribution >= 4 is 11.8 Å². The molecule has 2 aliphatic heterocycles. The highest BCUT2D eigenvalue weighted by atomic mass is 32.2. The number of benzene rings is 1. The van der Waals surface area contributed by atoms with E-state index >= 15 is 0 Å². The molecule has 2 fully saturated rings. The van der Waals surface area contributed by atoms with Gasteiger partial charge in [0.2, 0.25) is 0 Å². The van der Waals surface area contributed by atoms with Crippen molar-refractivity contribution in [1.82, 2.24) is 9.88 Å². The first kappa shape index (κ1) is 14.3. The molecule has 4 rings (SSSR count). The molecule has 0 radical (unpaired) electrons. The molecule has 1 aromatic heterocycles. The average Bonchev–Trinajstić information content (AvgIpc) is 2.78. The Labute approximate surface area is 136 Å². The van der Waals surface area contributed by atoms with Crippen LogP contribution in [0.15, 0.2) is 53.7 Å². The number of piperidine rings is 1. The fourth-order valence-corrected chi connectivity index (χ4v) is 5.22. The van der Waals surface area contributed by atoms with Crippen LogP contribution in [0.5, 0.6) is 0 Å². The van der Waals surface area contributed by atoms with Crippen LogP contribution in [0.3, 0.4) is 0 Å². The lowest BCUT2D eigenvalue weighted by atomic mass is 10.0. The Hall–Kier alpha value is -1.32. The van der Waals surface area contributed by atoms with Gasteiger partial charge < -0.3 is 4.90 Å². The van der Waals surface area contributed by atoms with Crippen LogP contribution in [0, 0.1) is 0 Å². The third-order valence-electron chi connectivity index (χ3n) is 5.21. The number of thioether (sulfide) groups is 1. The molecule has 2 saturated heterocycles. The lowest BCUT2D eigenvalue weighted by molar-refractivity contribution is 0.183. The van der Waals surface area contributed by atoms with E-state index in [0.717, 1.165) is 17.3 Å². The van der Waals surface area contributed by atoms with Crippen LogP contribution in [0.4, 0.5) is 0 Å². The van der Waals surface area contributed by atoms with Crippen LogP contribution in [-0.4, -0.2) is 34.3 Å². The standard InChI is InChI=1S/C19H22N2S/c1-21-16-6-7-17(21)12-19(11-16)22-18-8-4-14(5-9-18)15-3-2-10-20-13-15/h2-5,8-10,13,16-17,19H,6-7,11-12H2,1H3. The van der Waals surface area contributed by atoms with Gasteiger partial charge in [0.15, 0.2) is 0 Å². The fraction of sp³-hybridized carbons (Fsp3) is 0.421. The van der Waals surface area contributed by atoms with Crippen LogP contribution < -0.4 is 0 Å². The summed E-state index contributed by atoms with van der Waals surface area (Å²) in [5.41, 5.74) is 2.44. The predicted octanol–water partition coefficient (Wildman–Crippen LogP) is 4.47. The zero-order chi connectivity index (χ0) is 14.9. The number of nitrogens with zero attached hydrogens (tertiary/aromatic N) is 2. The molecule has 0 aliphatic carbocycles. The van der Waals surface area contributed by atoms with Crippen molar-refractivity contribution in [1.29, 1.82) is 0 Å². The van der Waals surface area contributed by atoms with Gasteiger partial charge in [-0.2, -0.15) is 0 Å². The van der Waals surface area contributed by atoms with Gasteiger partial charge in [0, 0.05) is 34.6 Å². The molecule has 2 aromatic rings. The van der Waals surface area contributed by atoms with Crippen molar-refractivity contribution in [3.05, 3.63) is 48.8 Å². The zero-order valence-corrected chi connectivity index (χ0v) is 13.8. The van der Waals surface area contributed by atoms with E-state index in [-0.39, 0.29) is 0 Å². The van der Waals surface area contributed by atoms with Crippen LogP contribution in [0.1, 0.15) is 25.7 Å². The van der Waals surface area contributed by atoms with Crippen LogP contribution in [0.25, 0.3) is 11.1 Å². The molecule has 2 bridgehead atoms. The molecule has 1 aromatic carbocycles. The SMILES string of the molecule is CN1C2CCC1CC(Sc1ccc(-c3cccnc3)cc1)C2. The summed E-state index contributed by atoms with van der Waals surface area (Å²) in [6.07, 6.45) is 9.25. The minimum atomic E-state index is 0.790. The molecule has 114 valence electrons. The van der Waals surface area contributed by atoms with E-state index in [1.807, 2.05) is 18.5 Å². The van der Waals surface area contributed by atoms with E-state index in [1.54, 1.807) is 0 Å². The number of hydrogen-bond donors (Lipinski definition) is 0. The molecule has 3 heterocycles. The Bertz CT molecular complexity index is 612. The maximum Gasteiger partial charge on any atom is 0.0346 e. The van der Waals surface area contributed by atoms with Crippen molar-refractivity contribution in [2.45, 2.75) is 47.9 Å². The second-order valence-electron chi connectivity index (χ2n) is 6.53. The van der Waals surface area contributed by atoms with E-state index in [9.17, 15) is 0 Å². The Morgan fingerprint density at radius 1 is 1.00 bits per heavy atom. The number of rotatable bonds is 3. The molecule has 0 N–H and O–H groups in total. The number of hydrogen-bond acceptors (Lipinski definition) is 3. The molecule has 2 unspecified atom stereocenters. The highest BCUT2D eigenvalue weighted by molar-refractivity contribution is 8.00. The van der Waals surface area contributed by atoms with Crippen LogP contribution >= 0.6 is 11.8 Å². The molecule has 2 atom stereocenters. The van der Waals surface area contributed by atoms with E-state index < -0.39 is 0 Å². The molecule has 0 saturated carbocycles. The topological polar surface area (TPSA) is 16.1 Å². The summed E-state index contributed by atoms with van der Waals surface area (Å²) in [6, 6.07) is 14.7. The van der Waals surface area contributed by atoms with Gasteiger partial charge in [-0.05, 0) is 62.1 Å². The van der Waals surface area contributed by atoms with Gasteiger partial charge in [0.1, 0.15) is 0 Å². The largest absolute Gasteiger partial charge is 0.300 e. The van der Waals surface area contributed by atoms with Gasteiger partial charge in [0.05, 0.1) is 0 Å². The summed E-state index contributed by atoms with van der Waals surface area (Å²) >= 11 is 2.08. The Morgan fingerprint density at radius 3 is 2.36 bits per heavy atom. The van der Waals surface area contributed by atoms with Crippen molar-refractivity contribution < 1.29 is 0 Å². The number of pyridine rings is 1. The van der Waals surface area contributed by atoms with Gasteiger partial charge in [0.25, 0.3) is 0 Å². The third kappa shape index (κ3) is 2.80. The molecule has 0 amide bonds. The monoisotopic (exact) mass is 310 g/mol. The summed E-state index contributed by atoms with van der Waals surface area (Å²) in [7, 11) is 2.31. The van der Waals surface area contributed by atoms with E-state index in [2.05, 4.69) is 59.0 Å². The molecule has 3 heteroatoms. The average molecular weight is 310 g/mol. The van der Waals surface area contributed by atoms with Gasteiger partial charge in [-0.25, -0.2) is 0 Å². The normalized spacial score (nSPS) is 28.0. The van der Waals surface area contributed by atoms with Gasteiger partial charge >= 0.3 is 0 Å². The summed E-state index contributed by atoms with van der Waals surface area (Å²) in [5.74, 6) is 0. The van der Waals surface area contributed by atoms with Gasteiger partial charge in [-0.15, -0.1) is 11.8 Å². The smallest absolute Gasteiger partial charge is 0.0346 e. The van der Waals surface area contributed by atoms with Crippen molar-refractivity contribution in [2.75, 3.05) is 7.05 Å². The predicted molar refractivity (Wildman–Crippen MR) is 93.1 cm³/mol.